The molecule has 3 heterocycles. The molecule has 34 heavy (non-hydrogen) atoms. The van der Waals surface area contributed by atoms with E-state index in [0.717, 1.165) is 17.0 Å². The number of fused-ring (bicyclic) bond motifs is 1. The molecule has 0 saturated carbocycles. The van der Waals surface area contributed by atoms with E-state index in [1.165, 1.54) is 15.6 Å². The molecule has 1 saturated heterocycles. The highest BCUT2D eigenvalue weighted by Gasteiger charge is 2.29. The number of carbonyl (C=O) groups is 1. The largest absolute Gasteiger partial charge is 0.495 e. The summed E-state index contributed by atoms with van der Waals surface area (Å²) in [5.74, 6) is 0.585. The summed E-state index contributed by atoms with van der Waals surface area (Å²) in [4.78, 5) is 34.9. The summed E-state index contributed by atoms with van der Waals surface area (Å²) in [6.07, 6.45) is 1.43. The van der Waals surface area contributed by atoms with Gasteiger partial charge in [0.25, 0.3) is 11.5 Å². The van der Waals surface area contributed by atoms with Crippen molar-refractivity contribution in [2.45, 2.75) is 6.92 Å². The SMILES string of the molecule is COc1ccccc1N1CCN(C(=O)c2nn(-c3ccc(C)cc3)c3c(=O)n(C)cnc23)CC1. The highest BCUT2D eigenvalue weighted by molar-refractivity contribution is 6.03. The van der Waals surface area contributed by atoms with Gasteiger partial charge in [-0.2, -0.15) is 5.10 Å². The van der Waals surface area contributed by atoms with Crippen molar-refractivity contribution in [2.24, 2.45) is 7.05 Å². The van der Waals surface area contributed by atoms with Gasteiger partial charge in [-0.05, 0) is 31.2 Å². The smallest absolute Gasteiger partial charge is 0.279 e. The fraction of sp³-hybridized carbons (Fsp3) is 0.280. The zero-order chi connectivity index (χ0) is 23.8. The minimum absolute atomic E-state index is 0.194. The van der Waals surface area contributed by atoms with Gasteiger partial charge in [0, 0.05) is 33.2 Å². The van der Waals surface area contributed by atoms with Crippen LogP contribution in [0.2, 0.25) is 0 Å². The highest BCUT2D eigenvalue weighted by Crippen LogP contribution is 2.29. The molecule has 0 bridgehead atoms. The third-order valence-corrected chi connectivity index (χ3v) is 6.22. The van der Waals surface area contributed by atoms with Crippen molar-refractivity contribution in [3.63, 3.8) is 0 Å². The van der Waals surface area contributed by atoms with E-state index in [1.54, 1.807) is 19.1 Å². The van der Waals surface area contributed by atoms with E-state index in [4.69, 9.17) is 4.74 Å². The predicted octanol–water partition coefficient (Wildman–Crippen LogP) is 2.40. The molecule has 174 valence electrons. The summed E-state index contributed by atoms with van der Waals surface area (Å²) < 4.78 is 8.42. The Hall–Kier alpha value is -4.14. The van der Waals surface area contributed by atoms with E-state index in [1.807, 2.05) is 55.5 Å². The van der Waals surface area contributed by atoms with Crippen LogP contribution >= 0.6 is 0 Å². The maximum absolute atomic E-state index is 13.5. The third-order valence-electron chi connectivity index (χ3n) is 6.22. The van der Waals surface area contributed by atoms with Gasteiger partial charge in [-0.25, -0.2) is 9.67 Å². The Morgan fingerprint density at radius 3 is 2.41 bits per heavy atom. The summed E-state index contributed by atoms with van der Waals surface area (Å²) in [7, 11) is 3.30. The first-order chi connectivity index (χ1) is 16.5. The lowest BCUT2D eigenvalue weighted by atomic mass is 10.2. The van der Waals surface area contributed by atoms with Crippen LogP contribution in [0.25, 0.3) is 16.7 Å². The number of anilines is 1. The average Bonchev–Trinajstić information content (AvgIpc) is 3.26. The molecule has 1 aliphatic heterocycles. The van der Waals surface area contributed by atoms with Crippen LogP contribution in [0.1, 0.15) is 16.1 Å². The molecule has 2 aromatic carbocycles. The zero-order valence-corrected chi connectivity index (χ0v) is 19.4. The Kier molecular flexibility index (Phi) is 5.53. The van der Waals surface area contributed by atoms with Gasteiger partial charge in [0.05, 0.1) is 24.8 Å². The maximum atomic E-state index is 13.5. The molecule has 0 unspecified atom stereocenters. The van der Waals surface area contributed by atoms with Crippen LogP contribution in [0.5, 0.6) is 5.75 Å². The first kappa shape index (κ1) is 21.7. The summed E-state index contributed by atoms with van der Waals surface area (Å²) in [6.45, 7) is 4.38. The Morgan fingerprint density at radius 1 is 1.00 bits per heavy atom. The molecule has 1 aliphatic rings. The Bertz CT molecular complexity index is 1420. The Balaban J connectivity index is 1.47. The van der Waals surface area contributed by atoms with Crippen molar-refractivity contribution in [1.29, 1.82) is 0 Å². The predicted molar refractivity (Wildman–Crippen MR) is 130 cm³/mol. The standard InChI is InChI=1S/C25H26N6O3/c1-17-8-10-18(11-9-17)31-23-21(26-16-28(2)25(23)33)22(27-31)24(32)30-14-12-29(13-15-30)19-6-4-5-7-20(19)34-3/h4-11,16H,12-15H2,1-3H3. The Morgan fingerprint density at radius 2 is 1.71 bits per heavy atom. The number of aromatic nitrogens is 4. The Labute approximate surface area is 196 Å². The van der Waals surface area contributed by atoms with E-state index in [0.29, 0.717) is 42.9 Å². The van der Waals surface area contributed by atoms with E-state index in [-0.39, 0.29) is 17.2 Å². The maximum Gasteiger partial charge on any atom is 0.279 e. The van der Waals surface area contributed by atoms with Crippen LogP contribution < -0.4 is 15.2 Å². The van der Waals surface area contributed by atoms with E-state index < -0.39 is 0 Å². The van der Waals surface area contributed by atoms with Gasteiger partial charge in [0.1, 0.15) is 11.3 Å². The monoisotopic (exact) mass is 458 g/mol. The van der Waals surface area contributed by atoms with Crippen LogP contribution in [0.15, 0.2) is 59.7 Å². The molecular weight excluding hydrogens is 432 g/mol. The molecule has 5 rings (SSSR count). The number of amides is 1. The molecule has 0 spiro atoms. The van der Waals surface area contributed by atoms with Gasteiger partial charge in [0.15, 0.2) is 11.2 Å². The van der Waals surface area contributed by atoms with Gasteiger partial charge in [0.2, 0.25) is 0 Å². The fourth-order valence-electron chi connectivity index (χ4n) is 4.30. The molecule has 2 aromatic heterocycles. The lowest BCUT2D eigenvalue weighted by molar-refractivity contribution is 0.0742. The number of rotatable bonds is 4. The molecule has 9 heteroatoms. The second-order valence-electron chi connectivity index (χ2n) is 8.40. The van der Waals surface area contributed by atoms with Crippen molar-refractivity contribution in [3.05, 3.63) is 76.5 Å². The molecule has 0 atom stereocenters. The van der Waals surface area contributed by atoms with Gasteiger partial charge in [-0.1, -0.05) is 29.8 Å². The lowest BCUT2D eigenvalue weighted by Gasteiger charge is -2.36. The summed E-state index contributed by atoms with van der Waals surface area (Å²) >= 11 is 0. The normalized spacial score (nSPS) is 14.0. The number of ether oxygens (including phenoxy) is 1. The number of para-hydroxylation sites is 2. The molecule has 0 aliphatic carbocycles. The summed E-state index contributed by atoms with van der Waals surface area (Å²) in [5.41, 5.74) is 3.37. The summed E-state index contributed by atoms with van der Waals surface area (Å²) in [6, 6.07) is 15.5. The number of piperazine rings is 1. The fourth-order valence-corrected chi connectivity index (χ4v) is 4.30. The number of methoxy groups -OCH3 is 1. The highest BCUT2D eigenvalue weighted by atomic mass is 16.5. The van der Waals surface area contributed by atoms with Gasteiger partial charge in [-0.3, -0.25) is 9.59 Å². The number of hydrogen-bond donors (Lipinski definition) is 0. The van der Waals surface area contributed by atoms with Crippen molar-refractivity contribution in [2.75, 3.05) is 38.2 Å². The quantitative estimate of drug-likeness (QED) is 0.467. The lowest BCUT2D eigenvalue weighted by Crippen LogP contribution is -2.49. The number of carbonyl (C=O) groups excluding carboxylic acids is 1. The number of benzene rings is 2. The van der Waals surface area contributed by atoms with Crippen molar-refractivity contribution >= 4 is 22.6 Å². The molecule has 4 aromatic rings. The topological polar surface area (TPSA) is 85.5 Å². The van der Waals surface area contributed by atoms with Crippen LogP contribution in [0, 0.1) is 6.92 Å². The first-order valence-corrected chi connectivity index (χ1v) is 11.2. The summed E-state index contributed by atoms with van der Waals surface area (Å²) in [5, 5.41) is 4.59. The second-order valence-corrected chi connectivity index (χ2v) is 8.40. The second kappa shape index (κ2) is 8.66. The van der Waals surface area contributed by atoms with Gasteiger partial charge < -0.3 is 19.1 Å². The average molecular weight is 459 g/mol. The van der Waals surface area contributed by atoms with Crippen molar-refractivity contribution < 1.29 is 9.53 Å². The minimum atomic E-state index is -0.252. The first-order valence-electron chi connectivity index (χ1n) is 11.2. The molecule has 1 fully saturated rings. The molecule has 9 nitrogen and oxygen atoms in total. The van der Waals surface area contributed by atoms with E-state index >= 15 is 0 Å². The van der Waals surface area contributed by atoms with Crippen LogP contribution in [-0.2, 0) is 7.05 Å². The third kappa shape index (κ3) is 3.68. The van der Waals surface area contributed by atoms with Crippen LogP contribution in [0.3, 0.4) is 0 Å². The number of nitrogens with zero attached hydrogens (tertiary/aromatic N) is 6. The number of hydrogen-bond acceptors (Lipinski definition) is 6. The van der Waals surface area contributed by atoms with Gasteiger partial charge in [-0.15, -0.1) is 0 Å². The van der Waals surface area contributed by atoms with Crippen LogP contribution in [-0.4, -0.2) is 63.4 Å². The molecule has 1 amide bonds. The zero-order valence-electron chi connectivity index (χ0n) is 19.4. The van der Waals surface area contributed by atoms with Crippen molar-refractivity contribution in [1.82, 2.24) is 24.2 Å². The van der Waals surface area contributed by atoms with Gasteiger partial charge >= 0.3 is 0 Å². The molecular formula is C25H26N6O3. The van der Waals surface area contributed by atoms with E-state index in [9.17, 15) is 9.59 Å². The van der Waals surface area contributed by atoms with Crippen LogP contribution in [0.4, 0.5) is 5.69 Å². The molecule has 0 N–H and O–H groups in total. The molecule has 0 radical (unpaired) electrons. The van der Waals surface area contributed by atoms with Crippen molar-refractivity contribution in [3.8, 4) is 11.4 Å². The van der Waals surface area contributed by atoms with E-state index in [2.05, 4.69) is 15.0 Å². The number of aryl methyl sites for hydroxylation is 2. The minimum Gasteiger partial charge on any atom is -0.495 e.